The van der Waals surface area contributed by atoms with Crippen molar-refractivity contribution in [3.63, 3.8) is 0 Å². The largest absolute Gasteiger partial charge is 0.383 e. The standard InChI is InChI=1S/C10H22N2O/c1-8-4-10(11)6-12(5-8)9(2)7-13-3/h8-10H,4-7,11H2,1-3H3. The van der Waals surface area contributed by atoms with Crippen LogP contribution in [0.25, 0.3) is 0 Å². The Kier molecular flexibility index (Phi) is 4.16. The summed E-state index contributed by atoms with van der Waals surface area (Å²) >= 11 is 0. The van der Waals surface area contributed by atoms with E-state index in [0.29, 0.717) is 12.1 Å². The predicted octanol–water partition coefficient (Wildman–Crippen LogP) is 0.690. The molecule has 2 N–H and O–H groups in total. The van der Waals surface area contributed by atoms with E-state index < -0.39 is 0 Å². The normalized spacial score (nSPS) is 33.2. The Balaban J connectivity index is 2.40. The fourth-order valence-corrected chi connectivity index (χ4v) is 2.15. The molecule has 0 aromatic heterocycles. The lowest BCUT2D eigenvalue weighted by molar-refractivity contribution is 0.0644. The molecular formula is C10H22N2O. The highest BCUT2D eigenvalue weighted by Gasteiger charge is 2.25. The number of methoxy groups -OCH3 is 1. The molecule has 0 aliphatic carbocycles. The second kappa shape index (κ2) is 4.94. The van der Waals surface area contributed by atoms with Gasteiger partial charge in [-0.05, 0) is 19.3 Å². The summed E-state index contributed by atoms with van der Waals surface area (Å²) in [5.41, 5.74) is 5.97. The number of piperidine rings is 1. The fourth-order valence-electron chi connectivity index (χ4n) is 2.15. The number of likely N-dealkylation sites (tertiary alicyclic amines) is 1. The molecule has 0 aromatic carbocycles. The van der Waals surface area contributed by atoms with Gasteiger partial charge in [-0.3, -0.25) is 4.90 Å². The van der Waals surface area contributed by atoms with E-state index in [1.807, 2.05) is 0 Å². The highest BCUT2D eigenvalue weighted by molar-refractivity contribution is 4.82. The van der Waals surface area contributed by atoms with Gasteiger partial charge in [0.15, 0.2) is 0 Å². The summed E-state index contributed by atoms with van der Waals surface area (Å²) in [6, 6.07) is 0.849. The van der Waals surface area contributed by atoms with Crippen molar-refractivity contribution in [2.24, 2.45) is 11.7 Å². The summed E-state index contributed by atoms with van der Waals surface area (Å²) in [7, 11) is 1.75. The first kappa shape index (κ1) is 11.0. The monoisotopic (exact) mass is 186 g/mol. The first-order valence-corrected chi connectivity index (χ1v) is 5.12. The molecule has 0 radical (unpaired) electrons. The van der Waals surface area contributed by atoms with Crippen LogP contribution in [-0.2, 0) is 4.74 Å². The van der Waals surface area contributed by atoms with E-state index in [-0.39, 0.29) is 0 Å². The summed E-state index contributed by atoms with van der Waals surface area (Å²) in [5, 5.41) is 0. The molecule has 0 bridgehead atoms. The van der Waals surface area contributed by atoms with Gasteiger partial charge in [0.2, 0.25) is 0 Å². The maximum absolute atomic E-state index is 5.97. The maximum atomic E-state index is 5.97. The van der Waals surface area contributed by atoms with Gasteiger partial charge in [0.05, 0.1) is 6.61 Å². The first-order chi connectivity index (χ1) is 6.13. The molecule has 3 nitrogen and oxygen atoms in total. The van der Waals surface area contributed by atoms with Gasteiger partial charge in [-0.2, -0.15) is 0 Å². The first-order valence-electron chi connectivity index (χ1n) is 5.12. The zero-order valence-electron chi connectivity index (χ0n) is 8.99. The van der Waals surface area contributed by atoms with Gasteiger partial charge in [0.25, 0.3) is 0 Å². The van der Waals surface area contributed by atoms with Crippen LogP contribution in [0.5, 0.6) is 0 Å². The molecule has 13 heavy (non-hydrogen) atoms. The van der Waals surface area contributed by atoms with E-state index in [2.05, 4.69) is 18.7 Å². The minimum Gasteiger partial charge on any atom is -0.383 e. The molecule has 1 heterocycles. The van der Waals surface area contributed by atoms with Crippen molar-refractivity contribution in [1.29, 1.82) is 0 Å². The van der Waals surface area contributed by atoms with E-state index in [9.17, 15) is 0 Å². The molecular weight excluding hydrogens is 164 g/mol. The van der Waals surface area contributed by atoms with Gasteiger partial charge < -0.3 is 10.5 Å². The van der Waals surface area contributed by atoms with Gasteiger partial charge in [-0.25, -0.2) is 0 Å². The second-order valence-electron chi connectivity index (χ2n) is 4.36. The zero-order valence-corrected chi connectivity index (χ0v) is 8.99. The minimum absolute atomic E-state index is 0.350. The Bertz CT molecular complexity index is 142. The molecule has 0 spiro atoms. The Hall–Kier alpha value is -0.120. The number of nitrogens with zero attached hydrogens (tertiary/aromatic N) is 1. The number of ether oxygens (including phenoxy) is 1. The van der Waals surface area contributed by atoms with Crippen molar-refractivity contribution in [2.45, 2.75) is 32.4 Å². The van der Waals surface area contributed by atoms with Gasteiger partial charge in [-0.15, -0.1) is 0 Å². The Morgan fingerprint density at radius 3 is 2.77 bits per heavy atom. The molecule has 1 aliphatic heterocycles. The molecule has 3 atom stereocenters. The molecule has 0 amide bonds. The van der Waals surface area contributed by atoms with Gasteiger partial charge in [0.1, 0.15) is 0 Å². The lowest BCUT2D eigenvalue weighted by atomic mass is 9.95. The second-order valence-corrected chi connectivity index (χ2v) is 4.36. The quantitative estimate of drug-likeness (QED) is 0.705. The van der Waals surface area contributed by atoms with Crippen molar-refractivity contribution in [3.05, 3.63) is 0 Å². The minimum atomic E-state index is 0.350. The molecule has 0 aromatic rings. The van der Waals surface area contributed by atoms with E-state index in [0.717, 1.165) is 32.0 Å². The number of hydrogen-bond donors (Lipinski definition) is 1. The number of hydrogen-bond acceptors (Lipinski definition) is 3. The van der Waals surface area contributed by atoms with Crippen LogP contribution in [0.2, 0.25) is 0 Å². The SMILES string of the molecule is COCC(C)N1CC(C)CC(N)C1. The molecule has 1 aliphatic rings. The van der Waals surface area contributed by atoms with Crippen LogP contribution in [0.3, 0.4) is 0 Å². The average molecular weight is 186 g/mol. The van der Waals surface area contributed by atoms with Crippen LogP contribution in [0.1, 0.15) is 20.3 Å². The van der Waals surface area contributed by atoms with Crippen LogP contribution in [-0.4, -0.2) is 43.8 Å². The maximum Gasteiger partial charge on any atom is 0.0615 e. The predicted molar refractivity (Wildman–Crippen MR) is 54.7 cm³/mol. The molecule has 0 saturated carbocycles. The third-order valence-corrected chi connectivity index (χ3v) is 2.75. The molecule has 3 heteroatoms. The Morgan fingerprint density at radius 2 is 2.23 bits per heavy atom. The van der Waals surface area contributed by atoms with E-state index in [4.69, 9.17) is 10.5 Å². The Morgan fingerprint density at radius 1 is 1.54 bits per heavy atom. The Labute approximate surface area is 81.2 Å². The molecule has 1 fully saturated rings. The summed E-state index contributed by atoms with van der Waals surface area (Å²) < 4.78 is 5.14. The topological polar surface area (TPSA) is 38.5 Å². The van der Waals surface area contributed by atoms with Crippen molar-refractivity contribution >= 4 is 0 Å². The molecule has 3 unspecified atom stereocenters. The summed E-state index contributed by atoms with van der Waals surface area (Å²) in [4.78, 5) is 2.43. The van der Waals surface area contributed by atoms with Crippen molar-refractivity contribution < 1.29 is 4.74 Å². The van der Waals surface area contributed by atoms with Crippen LogP contribution >= 0.6 is 0 Å². The van der Waals surface area contributed by atoms with Crippen LogP contribution in [0.4, 0.5) is 0 Å². The third kappa shape index (κ3) is 3.25. The van der Waals surface area contributed by atoms with Gasteiger partial charge in [0, 0.05) is 32.3 Å². The summed E-state index contributed by atoms with van der Waals surface area (Å²) in [6.45, 7) is 7.46. The highest BCUT2D eigenvalue weighted by atomic mass is 16.5. The van der Waals surface area contributed by atoms with Crippen molar-refractivity contribution in [3.8, 4) is 0 Å². The van der Waals surface area contributed by atoms with Crippen LogP contribution in [0.15, 0.2) is 0 Å². The fraction of sp³-hybridized carbons (Fsp3) is 1.00. The molecule has 78 valence electrons. The average Bonchev–Trinajstić information content (AvgIpc) is 2.03. The lowest BCUT2D eigenvalue weighted by Crippen LogP contribution is -2.50. The van der Waals surface area contributed by atoms with E-state index in [1.165, 1.54) is 0 Å². The van der Waals surface area contributed by atoms with Gasteiger partial charge in [-0.1, -0.05) is 6.92 Å². The third-order valence-electron chi connectivity index (χ3n) is 2.75. The highest BCUT2D eigenvalue weighted by Crippen LogP contribution is 2.17. The van der Waals surface area contributed by atoms with E-state index in [1.54, 1.807) is 7.11 Å². The molecule has 1 rings (SSSR count). The van der Waals surface area contributed by atoms with E-state index >= 15 is 0 Å². The van der Waals surface area contributed by atoms with Crippen molar-refractivity contribution in [1.82, 2.24) is 4.90 Å². The summed E-state index contributed by atoms with van der Waals surface area (Å²) in [6.07, 6.45) is 1.16. The van der Waals surface area contributed by atoms with Crippen LogP contribution < -0.4 is 5.73 Å². The number of rotatable bonds is 3. The van der Waals surface area contributed by atoms with Crippen LogP contribution in [0, 0.1) is 5.92 Å². The van der Waals surface area contributed by atoms with Crippen molar-refractivity contribution in [2.75, 3.05) is 26.8 Å². The molecule has 1 saturated heterocycles. The van der Waals surface area contributed by atoms with Gasteiger partial charge >= 0.3 is 0 Å². The lowest BCUT2D eigenvalue weighted by Gasteiger charge is -2.38. The zero-order chi connectivity index (χ0) is 9.84. The summed E-state index contributed by atoms with van der Waals surface area (Å²) in [5.74, 6) is 0.725. The number of nitrogens with two attached hydrogens (primary N) is 1. The smallest absolute Gasteiger partial charge is 0.0615 e.